The van der Waals surface area contributed by atoms with Crippen molar-refractivity contribution in [3.8, 4) is 5.82 Å². The van der Waals surface area contributed by atoms with Gasteiger partial charge in [0.25, 0.3) is 11.6 Å². The molecule has 0 saturated carbocycles. The second kappa shape index (κ2) is 5.13. The van der Waals surface area contributed by atoms with E-state index in [0.717, 1.165) is 11.2 Å². The molecule has 1 aromatic heterocycles. The van der Waals surface area contributed by atoms with Crippen molar-refractivity contribution in [3.63, 3.8) is 0 Å². The summed E-state index contributed by atoms with van der Waals surface area (Å²) in [4.78, 5) is 18.8. The standard InChI is InChI=1S/C18H13FN4O/c1-10(13-8-12-4-3-7-20-16(12)9-14(13)19)18-21-17-6-5-15(11(2)24)22-23(17)18/h3-9,22H,1H2,2H3/p+1. The van der Waals surface area contributed by atoms with Gasteiger partial charge in [0, 0.05) is 36.2 Å². The van der Waals surface area contributed by atoms with Crippen LogP contribution in [0.5, 0.6) is 0 Å². The van der Waals surface area contributed by atoms with Crippen LogP contribution in [0.25, 0.3) is 22.3 Å². The van der Waals surface area contributed by atoms with Gasteiger partial charge in [0.2, 0.25) is 0 Å². The number of Topliss-reactive ketones (excluding diaryl/α,β-unsaturated/α-hetero) is 1. The number of aromatic nitrogens is 4. The number of pyridine rings is 1. The van der Waals surface area contributed by atoms with Crippen molar-refractivity contribution in [1.82, 2.24) is 15.1 Å². The molecule has 4 rings (SSSR count). The first-order valence-corrected chi connectivity index (χ1v) is 7.42. The lowest BCUT2D eigenvalue weighted by Gasteiger charge is -2.17. The summed E-state index contributed by atoms with van der Waals surface area (Å²) in [5.74, 6) is 0.914. The lowest BCUT2D eigenvalue weighted by molar-refractivity contribution is -0.688. The Kier molecular flexibility index (Phi) is 3.06. The molecule has 0 aliphatic carbocycles. The number of halogens is 1. The number of benzene rings is 1. The number of hydrogen-bond donors (Lipinski definition) is 2. The Morgan fingerprint density at radius 3 is 2.92 bits per heavy atom. The zero-order valence-electron chi connectivity index (χ0n) is 12.9. The van der Waals surface area contributed by atoms with E-state index in [4.69, 9.17) is 0 Å². The van der Waals surface area contributed by atoms with Gasteiger partial charge in [-0.2, -0.15) is 0 Å². The van der Waals surface area contributed by atoms with E-state index < -0.39 is 5.82 Å². The Labute approximate surface area is 136 Å². The third-order valence-corrected chi connectivity index (χ3v) is 4.03. The second-order valence-corrected chi connectivity index (χ2v) is 5.62. The third-order valence-electron chi connectivity index (χ3n) is 4.03. The fraction of sp³-hybridized carbons (Fsp3) is 0.0556. The lowest BCUT2D eigenvalue weighted by atomic mass is 10.0. The molecular formula is C18H14FN4O+. The van der Waals surface area contributed by atoms with Crippen molar-refractivity contribution in [3.05, 3.63) is 72.1 Å². The summed E-state index contributed by atoms with van der Waals surface area (Å²) < 4.78 is 16.1. The summed E-state index contributed by atoms with van der Waals surface area (Å²) in [6, 6.07) is 10.3. The molecule has 0 saturated heterocycles. The molecule has 24 heavy (non-hydrogen) atoms. The minimum absolute atomic E-state index is 0.0786. The molecule has 2 N–H and O–H groups in total. The Morgan fingerprint density at radius 1 is 1.29 bits per heavy atom. The highest BCUT2D eigenvalue weighted by molar-refractivity contribution is 5.91. The van der Waals surface area contributed by atoms with Gasteiger partial charge in [-0.05, 0) is 18.2 Å². The van der Waals surface area contributed by atoms with E-state index in [2.05, 4.69) is 21.6 Å². The molecule has 2 aliphatic rings. The van der Waals surface area contributed by atoms with Crippen LogP contribution in [-0.2, 0) is 0 Å². The number of carbonyl (C=O) groups excluding carboxylic acids is 1. The van der Waals surface area contributed by atoms with Gasteiger partial charge in [0.05, 0.1) is 11.1 Å². The number of carbonyl (C=O) groups is 1. The first-order valence-electron chi connectivity index (χ1n) is 7.42. The van der Waals surface area contributed by atoms with Gasteiger partial charge in [-0.3, -0.25) is 9.78 Å². The van der Waals surface area contributed by atoms with E-state index in [1.165, 1.54) is 13.0 Å². The maximum Gasteiger partial charge on any atom is 0.258 e. The van der Waals surface area contributed by atoms with Gasteiger partial charge in [0.15, 0.2) is 5.78 Å². The van der Waals surface area contributed by atoms with Gasteiger partial charge >= 0.3 is 0 Å². The van der Waals surface area contributed by atoms with E-state index in [0.29, 0.717) is 28.2 Å². The highest BCUT2D eigenvalue weighted by Crippen LogP contribution is 2.26. The van der Waals surface area contributed by atoms with Crippen LogP contribution < -0.4 is 4.68 Å². The normalized spacial score (nSPS) is 11.2. The van der Waals surface area contributed by atoms with Crippen molar-refractivity contribution in [2.45, 2.75) is 6.92 Å². The van der Waals surface area contributed by atoms with Gasteiger partial charge in [-0.25, -0.2) is 14.5 Å². The van der Waals surface area contributed by atoms with Crippen LogP contribution in [0.2, 0.25) is 0 Å². The molecule has 6 heteroatoms. The van der Waals surface area contributed by atoms with Gasteiger partial charge in [-0.1, -0.05) is 12.6 Å². The average molecular weight is 321 g/mol. The molecular weight excluding hydrogens is 307 g/mol. The van der Waals surface area contributed by atoms with Crippen LogP contribution in [0.3, 0.4) is 0 Å². The number of nitrogens with one attached hydrogen (secondary N) is 2. The number of fused-ring (bicyclic) bond motifs is 2. The Hall–Kier alpha value is -3.28. The molecule has 0 bridgehead atoms. The maximum atomic E-state index is 14.5. The molecule has 3 heterocycles. The Bertz CT molecular complexity index is 1080. The number of H-pyrrole nitrogens is 2. The summed E-state index contributed by atoms with van der Waals surface area (Å²) in [5.41, 5.74) is 1.94. The fourth-order valence-electron chi connectivity index (χ4n) is 2.71. The first kappa shape index (κ1) is 14.3. The van der Waals surface area contributed by atoms with E-state index in [9.17, 15) is 9.18 Å². The summed E-state index contributed by atoms with van der Waals surface area (Å²) in [6.07, 6.45) is 1.63. The number of nitrogens with zero attached hydrogens (tertiary/aromatic N) is 2. The van der Waals surface area contributed by atoms with Crippen molar-refractivity contribution in [2.24, 2.45) is 0 Å². The molecule has 0 radical (unpaired) electrons. The summed E-state index contributed by atoms with van der Waals surface area (Å²) in [7, 11) is 0. The van der Waals surface area contributed by atoms with Crippen molar-refractivity contribution >= 4 is 22.3 Å². The second-order valence-electron chi connectivity index (χ2n) is 5.62. The van der Waals surface area contributed by atoms with Crippen LogP contribution in [0, 0.1) is 5.82 Å². The molecule has 5 nitrogen and oxygen atoms in total. The zero-order chi connectivity index (χ0) is 16.8. The molecule has 2 aliphatic heterocycles. The SMILES string of the molecule is C=C(c1cc2cccnc2cc1F)c1[nH]c2ccc(C(C)=O)[nH][n+]1-2. The third kappa shape index (κ3) is 2.11. The molecule has 0 fully saturated rings. The Balaban J connectivity index is 1.83. The van der Waals surface area contributed by atoms with E-state index in [1.807, 2.05) is 6.07 Å². The minimum Gasteiger partial charge on any atom is -0.293 e. The first-order chi connectivity index (χ1) is 11.5. The van der Waals surface area contributed by atoms with Gasteiger partial charge in [-0.15, -0.1) is 4.68 Å². The molecule has 0 amide bonds. The predicted octanol–water partition coefficient (Wildman–Crippen LogP) is 3.01. The summed E-state index contributed by atoms with van der Waals surface area (Å²) >= 11 is 0. The average Bonchev–Trinajstić information content (AvgIpc) is 2.54. The van der Waals surface area contributed by atoms with Crippen LogP contribution in [0.1, 0.15) is 28.8 Å². The van der Waals surface area contributed by atoms with Crippen molar-refractivity contribution < 1.29 is 13.9 Å². The molecule has 0 spiro atoms. The number of hydrogen-bond acceptors (Lipinski definition) is 2. The summed E-state index contributed by atoms with van der Waals surface area (Å²) in [6.45, 7) is 5.48. The Morgan fingerprint density at radius 2 is 2.12 bits per heavy atom. The topological polar surface area (TPSA) is 65.4 Å². The molecule has 0 unspecified atom stereocenters. The largest absolute Gasteiger partial charge is 0.293 e. The van der Waals surface area contributed by atoms with E-state index in [-0.39, 0.29) is 5.78 Å². The van der Waals surface area contributed by atoms with E-state index in [1.54, 1.807) is 35.1 Å². The fourth-order valence-corrected chi connectivity index (χ4v) is 2.71. The van der Waals surface area contributed by atoms with Crippen molar-refractivity contribution in [2.75, 3.05) is 0 Å². The highest BCUT2D eigenvalue weighted by Gasteiger charge is 2.26. The van der Waals surface area contributed by atoms with Crippen LogP contribution in [0.15, 0.2) is 49.2 Å². The smallest absolute Gasteiger partial charge is 0.258 e. The molecule has 0 atom stereocenters. The molecule has 118 valence electrons. The maximum absolute atomic E-state index is 14.5. The van der Waals surface area contributed by atoms with Gasteiger partial charge in [0.1, 0.15) is 11.5 Å². The lowest BCUT2D eigenvalue weighted by Crippen LogP contribution is -2.49. The zero-order valence-corrected chi connectivity index (χ0v) is 12.9. The number of aromatic amines is 2. The predicted molar refractivity (Wildman–Crippen MR) is 87.7 cm³/mol. The van der Waals surface area contributed by atoms with Crippen LogP contribution >= 0.6 is 0 Å². The number of rotatable bonds is 3. The van der Waals surface area contributed by atoms with Gasteiger partial charge < -0.3 is 0 Å². The van der Waals surface area contributed by atoms with Crippen LogP contribution in [0.4, 0.5) is 4.39 Å². The monoisotopic (exact) mass is 321 g/mol. The van der Waals surface area contributed by atoms with Crippen molar-refractivity contribution in [1.29, 1.82) is 0 Å². The molecule has 1 aromatic carbocycles. The minimum atomic E-state index is -0.391. The van der Waals surface area contributed by atoms with E-state index >= 15 is 0 Å². The summed E-state index contributed by atoms with van der Waals surface area (Å²) in [5, 5.41) is 3.83. The molecule has 2 aromatic rings. The van der Waals surface area contributed by atoms with Crippen LogP contribution in [-0.4, -0.2) is 20.8 Å². The quantitative estimate of drug-likeness (QED) is 0.450. The highest BCUT2D eigenvalue weighted by atomic mass is 19.1. The number of ketones is 1.